The first-order valence-corrected chi connectivity index (χ1v) is 11.8. The van der Waals surface area contributed by atoms with E-state index >= 15 is 0 Å². The first kappa shape index (κ1) is 31.8. The first-order valence-electron chi connectivity index (χ1n) is 11.8. The van der Waals surface area contributed by atoms with Crippen LogP contribution in [0.3, 0.4) is 0 Å². The van der Waals surface area contributed by atoms with Gasteiger partial charge < -0.3 is 26.7 Å². The van der Waals surface area contributed by atoms with E-state index in [1.807, 2.05) is 54.6 Å². The average molecular weight is 570 g/mol. The lowest BCUT2D eigenvalue weighted by atomic mass is 9.98. The second-order valence-corrected chi connectivity index (χ2v) is 8.46. The number of nitrogens with one attached hydrogen (secondary N) is 1. The molecule has 0 heterocycles. The fourth-order valence-corrected chi connectivity index (χ4v) is 3.52. The fraction of sp³-hybridized carbons (Fsp3) is 0.179. The molecule has 13 heteroatoms. The summed E-state index contributed by atoms with van der Waals surface area (Å²) in [5.74, 6) is 1.75. The molecule has 0 saturated carbocycles. The van der Waals surface area contributed by atoms with Gasteiger partial charge >= 0.3 is 18.2 Å². The van der Waals surface area contributed by atoms with E-state index in [0.717, 1.165) is 27.8 Å². The first-order chi connectivity index (χ1) is 19.3. The second-order valence-electron chi connectivity index (χ2n) is 8.46. The Labute approximate surface area is 233 Å². The monoisotopic (exact) mass is 569 g/mol. The summed E-state index contributed by atoms with van der Waals surface area (Å²) >= 11 is 0. The maximum Gasteiger partial charge on any atom is 0.490 e. The van der Waals surface area contributed by atoms with Gasteiger partial charge in [-0.3, -0.25) is 4.79 Å². The number of alkyl halides is 3. The Morgan fingerprint density at radius 2 is 1.73 bits per heavy atom. The zero-order valence-electron chi connectivity index (χ0n) is 21.6. The molecule has 2 atom stereocenters. The van der Waals surface area contributed by atoms with Crippen molar-refractivity contribution >= 4 is 24.2 Å². The third-order valence-electron chi connectivity index (χ3n) is 5.51. The maximum atomic E-state index is 12.5. The Morgan fingerprint density at radius 1 is 1.10 bits per heavy atom. The predicted molar refractivity (Wildman–Crippen MR) is 143 cm³/mol. The number of rotatable bonds is 8. The number of ether oxygens (including phenoxy) is 1. The smallest absolute Gasteiger partial charge is 0.475 e. The Kier molecular flexibility index (Phi) is 11.4. The number of nitrogens with zero attached hydrogens (tertiary/aromatic N) is 2. The number of carboxylic acids is 1. The zero-order valence-corrected chi connectivity index (χ0v) is 21.6. The van der Waals surface area contributed by atoms with Crippen molar-refractivity contribution in [2.45, 2.75) is 31.7 Å². The number of benzene rings is 3. The van der Waals surface area contributed by atoms with Gasteiger partial charge in [-0.1, -0.05) is 66.7 Å². The number of nitriles is 1. The number of hydrogen-bond donors (Lipinski definition) is 4. The van der Waals surface area contributed by atoms with Crippen molar-refractivity contribution in [2.75, 3.05) is 0 Å². The van der Waals surface area contributed by atoms with Crippen molar-refractivity contribution in [2.24, 2.45) is 16.7 Å². The summed E-state index contributed by atoms with van der Waals surface area (Å²) in [5, 5.41) is 22.5. The molecule has 3 rings (SSSR count). The lowest BCUT2D eigenvalue weighted by molar-refractivity contribution is -0.192. The molecule has 3 aromatic rings. The van der Waals surface area contributed by atoms with Gasteiger partial charge in [0.15, 0.2) is 0 Å². The van der Waals surface area contributed by atoms with Gasteiger partial charge in [0, 0.05) is 6.42 Å². The van der Waals surface area contributed by atoms with Crippen molar-refractivity contribution in [1.29, 1.82) is 5.26 Å². The lowest BCUT2D eigenvalue weighted by Gasteiger charge is -2.19. The molecule has 0 aromatic heterocycles. The number of primary amides is 1. The molecular formula is C28H26F3N5O5. The van der Waals surface area contributed by atoms with Crippen molar-refractivity contribution in [3.8, 4) is 17.2 Å². The Balaban J connectivity index is 0.000000745. The molecule has 0 bridgehead atoms. The van der Waals surface area contributed by atoms with Crippen LogP contribution < -0.4 is 16.9 Å². The molecule has 41 heavy (non-hydrogen) atoms. The van der Waals surface area contributed by atoms with E-state index < -0.39 is 36.3 Å². The molecule has 0 saturated heterocycles. The molecule has 0 radical (unpaired) electrons. The van der Waals surface area contributed by atoms with E-state index in [-0.39, 0.29) is 6.42 Å². The Hall–Kier alpha value is -5.38. The highest BCUT2D eigenvalue weighted by molar-refractivity contribution is 5.85. The molecule has 0 fully saturated rings. The highest BCUT2D eigenvalue weighted by atomic mass is 19.4. The highest BCUT2D eigenvalue weighted by Crippen LogP contribution is 2.26. The molecule has 2 amide bonds. The molecule has 3 aromatic carbocycles. The highest BCUT2D eigenvalue weighted by Gasteiger charge is 2.38. The van der Waals surface area contributed by atoms with Gasteiger partial charge in [-0.05, 0) is 40.8 Å². The number of hydrogen-bond acceptors (Lipinski definition) is 7. The van der Waals surface area contributed by atoms with Crippen molar-refractivity contribution in [3.63, 3.8) is 0 Å². The number of alkyl carbamates (subject to hydrolysis) is 1. The normalized spacial score (nSPS) is 12.3. The van der Waals surface area contributed by atoms with Gasteiger partial charge in [-0.25, -0.2) is 9.59 Å². The standard InChI is InChI=1S/C26H25N5O3.C2HF3O2/c1-17(20-9-11-21(12-10-20)23-8-3-2-7-22(23)15-27)34-26(33)31-24(25(28)32)14-18-5-4-6-19(13-18)16-30-29;3-2(4,5)1(6)7/h2-13,16-17,24H,14,29H2,1H3,(H2,28,32)(H,31,33);(H,6,7)/b30-16-;. The van der Waals surface area contributed by atoms with Crippen LogP contribution in [-0.4, -0.2) is 41.5 Å². The van der Waals surface area contributed by atoms with Gasteiger partial charge in [0.2, 0.25) is 5.91 Å². The van der Waals surface area contributed by atoms with E-state index in [9.17, 15) is 28.0 Å². The third-order valence-corrected chi connectivity index (χ3v) is 5.51. The van der Waals surface area contributed by atoms with Crippen LogP contribution in [0.4, 0.5) is 18.0 Å². The average Bonchev–Trinajstić information content (AvgIpc) is 2.93. The van der Waals surface area contributed by atoms with Crippen LogP contribution in [0.2, 0.25) is 0 Å². The minimum Gasteiger partial charge on any atom is -0.475 e. The summed E-state index contributed by atoms with van der Waals surface area (Å²) in [6.07, 6.45) is -4.73. The van der Waals surface area contributed by atoms with Crippen LogP contribution >= 0.6 is 0 Å². The van der Waals surface area contributed by atoms with Crippen LogP contribution in [0, 0.1) is 11.3 Å². The number of carboxylic acid groups (broad SMARTS) is 1. The second kappa shape index (κ2) is 14.7. The van der Waals surface area contributed by atoms with Gasteiger partial charge in [-0.2, -0.15) is 23.5 Å². The predicted octanol–water partition coefficient (Wildman–Crippen LogP) is 4.03. The zero-order chi connectivity index (χ0) is 30.6. The van der Waals surface area contributed by atoms with Crippen LogP contribution in [0.25, 0.3) is 11.1 Å². The molecule has 0 aliphatic heterocycles. The van der Waals surface area contributed by atoms with E-state index in [2.05, 4.69) is 16.5 Å². The van der Waals surface area contributed by atoms with Crippen molar-refractivity contribution in [1.82, 2.24) is 5.32 Å². The molecule has 0 spiro atoms. The van der Waals surface area contributed by atoms with Gasteiger partial charge in [0.05, 0.1) is 17.8 Å². The number of amides is 2. The van der Waals surface area contributed by atoms with Crippen molar-refractivity contribution in [3.05, 3.63) is 95.1 Å². The van der Waals surface area contributed by atoms with E-state index in [1.54, 1.807) is 25.1 Å². The fourth-order valence-electron chi connectivity index (χ4n) is 3.52. The summed E-state index contributed by atoms with van der Waals surface area (Å²) in [6.45, 7) is 1.73. The van der Waals surface area contributed by atoms with Gasteiger partial charge in [0.25, 0.3) is 0 Å². The topological polar surface area (TPSA) is 181 Å². The summed E-state index contributed by atoms with van der Waals surface area (Å²) in [7, 11) is 0. The van der Waals surface area contributed by atoms with Crippen LogP contribution in [-0.2, 0) is 20.7 Å². The molecule has 10 nitrogen and oxygen atoms in total. The van der Waals surface area contributed by atoms with Crippen LogP contribution in [0.15, 0.2) is 77.9 Å². The molecule has 0 aliphatic rings. The van der Waals surface area contributed by atoms with Gasteiger partial charge in [-0.15, -0.1) is 0 Å². The number of carbonyl (C=O) groups is 3. The summed E-state index contributed by atoms with van der Waals surface area (Å²) < 4.78 is 37.2. The molecule has 214 valence electrons. The van der Waals surface area contributed by atoms with E-state index in [1.165, 1.54) is 6.21 Å². The quantitative estimate of drug-likeness (QED) is 0.179. The SMILES string of the molecule is CC(OC(=O)NC(Cc1cccc(/C=N\N)c1)C(N)=O)c1ccc(-c2ccccc2C#N)cc1.O=C(O)C(F)(F)F. The summed E-state index contributed by atoms with van der Waals surface area (Å²) in [5.41, 5.74) is 10.1. The Bertz CT molecular complexity index is 1440. The lowest BCUT2D eigenvalue weighted by Crippen LogP contribution is -2.46. The minimum absolute atomic E-state index is 0.193. The van der Waals surface area contributed by atoms with E-state index in [0.29, 0.717) is 5.56 Å². The largest absolute Gasteiger partial charge is 0.490 e. The maximum absolute atomic E-state index is 12.5. The molecule has 0 aliphatic carbocycles. The Morgan fingerprint density at radius 3 is 2.29 bits per heavy atom. The molecule has 2 unspecified atom stereocenters. The van der Waals surface area contributed by atoms with Crippen LogP contribution in [0.1, 0.15) is 35.3 Å². The van der Waals surface area contributed by atoms with Crippen molar-refractivity contribution < 1.29 is 37.4 Å². The van der Waals surface area contributed by atoms with E-state index in [4.69, 9.17) is 26.2 Å². The summed E-state index contributed by atoms with van der Waals surface area (Å²) in [6, 6.07) is 23.2. The number of hydrazone groups is 1. The number of aliphatic carboxylic acids is 1. The molecular weight excluding hydrogens is 543 g/mol. The number of nitrogens with two attached hydrogens (primary N) is 2. The molecule has 6 N–H and O–H groups in total. The minimum atomic E-state index is -5.08. The van der Waals surface area contributed by atoms with Gasteiger partial charge in [0.1, 0.15) is 12.1 Å². The van der Waals surface area contributed by atoms with Crippen LogP contribution in [0.5, 0.6) is 0 Å². The number of carbonyl (C=O) groups excluding carboxylic acids is 2. The summed E-state index contributed by atoms with van der Waals surface area (Å²) in [4.78, 5) is 33.3. The third kappa shape index (κ3) is 10.0. The number of halogens is 3.